The summed E-state index contributed by atoms with van der Waals surface area (Å²) in [5, 5.41) is 0. The second-order valence-electron chi connectivity index (χ2n) is 2.86. The van der Waals surface area contributed by atoms with Crippen molar-refractivity contribution in [2.45, 2.75) is 33.6 Å². The Morgan fingerprint density at radius 1 is 1.50 bits per heavy atom. The van der Waals surface area contributed by atoms with Crippen LogP contribution in [0.5, 0.6) is 0 Å². The Hall–Kier alpha value is -0.460. The molecule has 0 rings (SSSR count). The molecule has 0 aliphatic heterocycles. The molecule has 0 saturated carbocycles. The molecule has 0 atom stereocenters. The molecular formula is C9H18O. The standard InChI is InChI=1S/C9H18O/c1-5-9(10-4)7-6-8(2)3/h7-8H,5-6H2,1-4H3/b9-7-. The molecule has 10 heavy (non-hydrogen) atoms. The van der Waals surface area contributed by atoms with Crippen LogP contribution >= 0.6 is 0 Å². The minimum absolute atomic E-state index is 0.733. The predicted molar refractivity (Wildman–Crippen MR) is 44.8 cm³/mol. The van der Waals surface area contributed by atoms with E-state index >= 15 is 0 Å². The van der Waals surface area contributed by atoms with E-state index in [1.165, 1.54) is 0 Å². The SMILES string of the molecule is CC/C(=C/CC(C)C)OC. The zero-order valence-corrected chi connectivity index (χ0v) is 7.48. The Kier molecular flexibility index (Phi) is 5.09. The van der Waals surface area contributed by atoms with Crippen molar-refractivity contribution in [1.29, 1.82) is 0 Å². The van der Waals surface area contributed by atoms with Gasteiger partial charge in [-0.2, -0.15) is 0 Å². The zero-order valence-electron chi connectivity index (χ0n) is 7.48. The summed E-state index contributed by atoms with van der Waals surface area (Å²) in [6.45, 7) is 6.52. The molecule has 0 amide bonds. The van der Waals surface area contributed by atoms with Crippen molar-refractivity contribution < 1.29 is 4.74 Å². The summed E-state index contributed by atoms with van der Waals surface area (Å²) < 4.78 is 5.11. The number of methoxy groups -OCH3 is 1. The van der Waals surface area contributed by atoms with Crippen LogP contribution < -0.4 is 0 Å². The molecule has 0 heterocycles. The van der Waals surface area contributed by atoms with Crippen molar-refractivity contribution in [2.24, 2.45) is 5.92 Å². The van der Waals surface area contributed by atoms with Gasteiger partial charge in [-0.05, 0) is 18.4 Å². The third-order valence-corrected chi connectivity index (χ3v) is 1.43. The van der Waals surface area contributed by atoms with Crippen molar-refractivity contribution in [2.75, 3.05) is 7.11 Å². The van der Waals surface area contributed by atoms with E-state index in [1.807, 2.05) is 0 Å². The van der Waals surface area contributed by atoms with Gasteiger partial charge in [0.1, 0.15) is 0 Å². The number of ether oxygens (including phenoxy) is 1. The second kappa shape index (κ2) is 5.33. The van der Waals surface area contributed by atoms with Crippen molar-refractivity contribution in [1.82, 2.24) is 0 Å². The van der Waals surface area contributed by atoms with Crippen LogP contribution in [0.25, 0.3) is 0 Å². The molecule has 0 unspecified atom stereocenters. The number of hydrogen-bond donors (Lipinski definition) is 0. The van der Waals surface area contributed by atoms with E-state index in [9.17, 15) is 0 Å². The van der Waals surface area contributed by atoms with E-state index in [0.29, 0.717) is 0 Å². The molecule has 0 fully saturated rings. The smallest absolute Gasteiger partial charge is 0.0913 e. The normalized spacial score (nSPS) is 12.3. The van der Waals surface area contributed by atoms with Crippen molar-refractivity contribution >= 4 is 0 Å². The first-order valence-corrected chi connectivity index (χ1v) is 3.93. The molecule has 0 aromatic carbocycles. The average molecular weight is 142 g/mol. The van der Waals surface area contributed by atoms with Gasteiger partial charge < -0.3 is 4.74 Å². The van der Waals surface area contributed by atoms with Crippen molar-refractivity contribution in [3.63, 3.8) is 0 Å². The van der Waals surface area contributed by atoms with Gasteiger partial charge in [0.05, 0.1) is 12.9 Å². The number of hydrogen-bond acceptors (Lipinski definition) is 1. The van der Waals surface area contributed by atoms with E-state index in [0.717, 1.165) is 24.5 Å². The summed E-state index contributed by atoms with van der Waals surface area (Å²) in [6.07, 6.45) is 4.30. The van der Waals surface area contributed by atoms with Crippen molar-refractivity contribution in [3.8, 4) is 0 Å². The Bertz CT molecular complexity index is 97.3. The van der Waals surface area contributed by atoms with Gasteiger partial charge in [0, 0.05) is 6.42 Å². The molecule has 1 heteroatoms. The highest BCUT2D eigenvalue weighted by atomic mass is 16.5. The number of rotatable bonds is 4. The maximum absolute atomic E-state index is 5.11. The van der Waals surface area contributed by atoms with Crippen LogP contribution in [0.2, 0.25) is 0 Å². The number of allylic oxidation sites excluding steroid dienone is 2. The highest BCUT2D eigenvalue weighted by Crippen LogP contribution is 2.07. The maximum Gasteiger partial charge on any atom is 0.0913 e. The predicted octanol–water partition coefficient (Wildman–Crippen LogP) is 2.97. The molecule has 0 spiro atoms. The largest absolute Gasteiger partial charge is 0.501 e. The molecule has 0 aromatic heterocycles. The average Bonchev–Trinajstić information content (AvgIpc) is 1.90. The van der Waals surface area contributed by atoms with Gasteiger partial charge in [-0.1, -0.05) is 20.8 Å². The molecular weight excluding hydrogens is 124 g/mol. The maximum atomic E-state index is 5.11. The van der Waals surface area contributed by atoms with Gasteiger partial charge in [0.2, 0.25) is 0 Å². The molecule has 0 aliphatic rings. The summed E-state index contributed by atoms with van der Waals surface area (Å²) in [6, 6.07) is 0. The summed E-state index contributed by atoms with van der Waals surface area (Å²) in [7, 11) is 1.73. The van der Waals surface area contributed by atoms with Crippen molar-refractivity contribution in [3.05, 3.63) is 11.8 Å². The van der Waals surface area contributed by atoms with Crippen LogP contribution in [0.4, 0.5) is 0 Å². The molecule has 0 saturated heterocycles. The fraction of sp³-hybridized carbons (Fsp3) is 0.778. The van der Waals surface area contributed by atoms with Gasteiger partial charge in [0.15, 0.2) is 0 Å². The Morgan fingerprint density at radius 2 is 2.10 bits per heavy atom. The third kappa shape index (κ3) is 4.42. The van der Waals surface area contributed by atoms with Gasteiger partial charge in [0.25, 0.3) is 0 Å². The molecule has 60 valence electrons. The second-order valence-corrected chi connectivity index (χ2v) is 2.86. The molecule has 0 bridgehead atoms. The molecule has 0 N–H and O–H groups in total. The highest BCUT2D eigenvalue weighted by molar-refractivity contribution is 4.91. The van der Waals surface area contributed by atoms with Crippen LogP contribution in [0, 0.1) is 5.92 Å². The molecule has 0 aromatic rings. The minimum atomic E-state index is 0.733. The fourth-order valence-electron chi connectivity index (χ4n) is 0.739. The summed E-state index contributed by atoms with van der Waals surface area (Å²) >= 11 is 0. The first-order valence-electron chi connectivity index (χ1n) is 3.93. The Balaban J connectivity index is 3.63. The Morgan fingerprint density at radius 3 is 2.40 bits per heavy atom. The van der Waals surface area contributed by atoms with Gasteiger partial charge >= 0.3 is 0 Å². The monoisotopic (exact) mass is 142 g/mol. The van der Waals surface area contributed by atoms with E-state index in [1.54, 1.807) is 7.11 Å². The van der Waals surface area contributed by atoms with E-state index in [-0.39, 0.29) is 0 Å². The molecule has 0 radical (unpaired) electrons. The lowest BCUT2D eigenvalue weighted by Crippen LogP contribution is -1.88. The van der Waals surface area contributed by atoms with Gasteiger partial charge in [-0.3, -0.25) is 0 Å². The third-order valence-electron chi connectivity index (χ3n) is 1.43. The molecule has 1 nitrogen and oxygen atoms in total. The summed E-state index contributed by atoms with van der Waals surface area (Å²) in [4.78, 5) is 0. The highest BCUT2D eigenvalue weighted by Gasteiger charge is 1.92. The van der Waals surface area contributed by atoms with E-state index < -0.39 is 0 Å². The lowest BCUT2D eigenvalue weighted by Gasteiger charge is -2.03. The molecule has 0 aliphatic carbocycles. The zero-order chi connectivity index (χ0) is 7.98. The van der Waals surface area contributed by atoms with Crippen LogP contribution in [0.15, 0.2) is 11.8 Å². The fourth-order valence-corrected chi connectivity index (χ4v) is 0.739. The van der Waals surface area contributed by atoms with E-state index in [2.05, 4.69) is 26.8 Å². The summed E-state index contributed by atoms with van der Waals surface area (Å²) in [5.74, 6) is 1.84. The summed E-state index contributed by atoms with van der Waals surface area (Å²) in [5.41, 5.74) is 0. The lowest BCUT2D eigenvalue weighted by atomic mass is 10.1. The van der Waals surface area contributed by atoms with Crippen LogP contribution in [0.3, 0.4) is 0 Å². The van der Waals surface area contributed by atoms with E-state index in [4.69, 9.17) is 4.74 Å². The topological polar surface area (TPSA) is 9.23 Å². The minimum Gasteiger partial charge on any atom is -0.501 e. The van der Waals surface area contributed by atoms with Crippen LogP contribution in [-0.2, 0) is 4.74 Å². The van der Waals surface area contributed by atoms with Crippen LogP contribution in [-0.4, -0.2) is 7.11 Å². The lowest BCUT2D eigenvalue weighted by molar-refractivity contribution is 0.278. The quantitative estimate of drug-likeness (QED) is 0.548. The Labute approximate surface area is 64.1 Å². The van der Waals surface area contributed by atoms with Gasteiger partial charge in [-0.25, -0.2) is 0 Å². The van der Waals surface area contributed by atoms with Gasteiger partial charge in [-0.15, -0.1) is 0 Å². The first kappa shape index (κ1) is 9.54. The van der Waals surface area contributed by atoms with Crippen LogP contribution in [0.1, 0.15) is 33.6 Å². The first-order chi connectivity index (χ1) is 4.70.